The summed E-state index contributed by atoms with van der Waals surface area (Å²) in [6, 6.07) is 3.85. The molecular formula is C18H25ClN2O5S. The molecule has 1 aromatic rings. The second kappa shape index (κ2) is 9.03. The number of hydrogen-bond donors (Lipinski definition) is 1. The Morgan fingerprint density at radius 3 is 2.44 bits per heavy atom. The largest absolute Gasteiger partial charge is 0.452 e. The third-order valence-electron chi connectivity index (χ3n) is 4.58. The highest BCUT2D eigenvalue weighted by atomic mass is 35.5. The Labute approximate surface area is 165 Å². The van der Waals surface area contributed by atoms with Gasteiger partial charge in [0.1, 0.15) is 0 Å². The Bertz CT molecular complexity index is 804. The number of benzene rings is 1. The number of halogens is 1. The highest BCUT2D eigenvalue weighted by Gasteiger charge is 2.28. The number of hydrogen-bond acceptors (Lipinski definition) is 5. The van der Waals surface area contributed by atoms with Gasteiger partial charge in [-0.2, -0.15) is 4.31 Å². The topological polar surface area (TPSA) is 92.8 Å². The molecule has 0 aliphatic carbocycles. The first-order valence-electron chi connectivity index (χ1n) is 8.89. The normalized spacial score (nSPS) is 16.3. The fourth-order valence-corrected chi connectivity index (χ4v) is 4.31. The number of nitrogens with one attached hydrogen (secondary N) is 1. The van der Waals surface area contributed by atoms with Crippen molar-refractivity contribution in [3.63, 3.8) is 0 Å². The summed E-state index contributed by atoms with van der Waals surface area (Å²) in [5, 5.41) is 2.79. The lowest BCUT2D eigenvalue weighted by Gasteiger charge is -2.17. The lowest BCUT2D eigenvalue weighted by atomic mass is 10.1. The summed E-state index contributed by atoms with van der Waals surface area (Å²) in [5.41, 5.74) is -0.0818. The van der Waals surface area contributed by atoms with Crippen LogP contribution in [0.25, 0.3) is 0 Å². The first-order valence-corrected chi connectivity index (χ1v) is 10.7. The van der Waals surface area contributed by atoms with Gasteiger partial charge in [0, 0.05) is 19.1 Å². The zero-order valence-corrected chi connectivity index (χ0v) is 17.3. The number of nitrogens with zero attached hydrogens (tertiary/aromatic N) is 1. The van der Waals surface area contributed by atoms with Gasteiger partial charge in [0.25, 0.3) is 5.91 Å². The Balaban J connectivity index is 2.09. The number of ether oxygens (including phenoxy) is 1. The average molecular weight is 417 g/mol. The highest BCUT2D eigenvalue weighted by Crippen LogP contribution is 2.25. The highest BCUT2D eigenvalue weighted by molar-refractivity contribution is 7.89. The molecule has 2 rings (SSSR count). The van der Waals surface area contributed by atoms with Gasteiger partial charge in [-0.05, 0) is 43.9 Å². The minimum atomic E-state index is -3.68. The summed E-state index contributed by atoms with van der Waals surface area (Å²) < 4.78 is 31.7. The third kappa shape index (κ3) is 5.43. The first kappa shape index (κ1) is 21.7. The summed E-state index contributed by atoms with van der Waals surface area (Å²) in [7, 11) is -3.68. The monoisotopic (exact) mass is 416 g/mol. The van der Waals surface area contributed by atoms with Crippen LogP contribution in [0.15, 0.2) is 23.1 Å². The zero-order valence-electron chi connectivity index (χ0n) is 15.7. The van der Waals surface area contributed by atoms with E-state index in [9.17, 15) is 18.0 Å². The number of sulfonamides is 1. The minimum Gasteiger partial charge on any atom is -0.452 e. The Morgan fingerprint density at radius 1 is 1.22 bits per heavy atom. The number of carbonyl (C=O) groups is 2. The summed E-state index contributed by atoms with van der Waals surface area (Å²) >= 11 is 6.03. The second-order valence-corrected chi connectivity index (χ2v) is 9.27. The lowest BCUT2D eigenvalue weighted by Crippen LogP contribution is -2.38. The van der Waals surface area contributed by atoms with Crippen molar-refractivity contribution >= 4 is 33.5 Å². The van der Waals surface area contributed by atoms with Gasteiger partial charge in [0.2, 0.25) is 10.0 Å². The molecule has 1 aliphatic rings. The predicted octanol–water partition coefficient (Wildman–Crippen LogP) is 2.44. The molecule has 1 aliphatic heterocycles. The fraction of sp³-hybridized carbons (Fsp3) is 0.556. The quantitative estimate of drug-likeness (QED) is 0.689. The predicted molar refractivity (Wildman–Crippen MR) is 102 cm³/mol. The molecule has 1 fully saturated rings. The Morgan fingerprint density at radius 2 is 1.85 bits per heavy atom. The van der Waals surface area contributed by atoms with E-state index in [1.807, 2.05) is 20.8 Å². The SMILES string of the molecule is CC(C)[C@H](C)NC(=O)COC(=O)c1cc(S(=O)(=O)N2CCCC2)ccc1Cl. The molecule has 0 spiro atoms. The molecule has 150 valence electrons. The van der Waals surface area contributed by atoms with E-state index in [-0.39, 0.29) is 27.4 Å². The molecule has 0 bridgehead atoms. The van der Waals surface area contributed by atoms with Gasteiger partial charge in [-0.25, -0.2) is 13.2 Å². The van der Waals surface area contributed by atoms with E-state index in [0.29, 0.717) is 13.1 Å². The van der Waals surface area contributed by atoms with Crippen molar-refractivity contribution < 1.29 is 22.7 Å². The maximum Gasteiger partial charge on any atom is 0.340 e. The first-order chi connectivity index (χ1) is 12.6. The second-order valence-electron chi connectivity index (χ2n) is 6.93. The van der Waals surface area contributed by atoms with Crippen LogP contribution in [0.2, 0.25) is 5.02 Å². The summed E-state index contributed by atoms with van der Waals surface area (Å²) in [6.07, 6.45) is 1.62. The van der Waals surface area contributed by atoms with Crippen LogP contribution in [0.1, 0.15) is 44.0 Å². The van der Waals surface area contributed by atoms with Crippen LogP contribution in [-0.2, 0) is 19.6 Å². The molecule has 0 aromatic heterocycles. The van der Waals surface area contributed by atoms with E-state index in [4.69, 9.17) is 16.3 Å². The van der Waals surface area contributed by atoms with Crippen molar-refractivity contribution in [1.29, 1.82) is 0 Å². The summed E-state index contributed by atoms with van der Waals surface area (Å²) in [5.74, 6) is -1.03. The van der Waals surface area contributed by atoms with Gasteiger partial charge in [-0.15, -0.1) is 0 Å². The van der Waals surface area contributed by atoms with E-state index in [0.717, 1.165) is 12.8 Å². The van der Waals surface area contributed by atoms with Crippen LogP contribution in [-0.4, -0.2) is 50.3 Å². The smallest absolute Gasteiger partial charge is 0.340 e. The van der Waals surface area contributed by atoms with Crippen LogP contribution < -0.4 is 5.32 Å². The molecule has 9 heteroatoms. The summed E-state index contributed by atoms with van der Waals surface area (Å²) in [4.78, 5) is 24.1. The number of esters is 1. The number of amides is 1. The van der Waals surface area contributed by atoms with Crippen molar-refractivity contribution in [3.8, 4) is 0 Å². The number of rotatable bonds is 7. The van der Waals surface area contributed by atoms with Gasteiger partial charge >= 0.3 is 5.97 Å². The molecular weight excluding hydrogens is 392 g/mol. The molecule has 1 saturated heterocycles. The fourth-order valence-electron chi connectivity index (χ4n) is 2.57. The van der Waals surface area contributed by atoms with Crippen molar-refractivity contribution in [1.82, 2.24) is 9.62 Å². The van der Waals surface area contributed by atoms with Crippen molar-refractivity contribution in [3.05, 3.63) is 28.8 Å². The summed E-state index contributed by atoms with van der Waals surface area (Å²) in [6.45, 7) is 6.23. The van der Waals surface area contributed by atoms with E-state index in [1.54, 1.807) is 0 Å². The third-order valence-corrected chi connectivity index (χ3v) is 6.81. The molecule has 1 atom stereocenters. The van der Waals surface area contributed by atoms with Crippen LogP contribution in [0.4, 0.5) is 0 Å². The molecule has 1 aromatic carbocycles. The van der Waals surface area contributed by atoms with Crippen LogP contribution >= 0.6 is 11.6 Å². The van der Waals surface area contributed by atoms with Gasteiger partial charge in [-0.3, -0.25) is 4.79 Å². The molecule has 7 nitrogen and oxygen atoms in total. The van der Waals surface area contributed by atoms with E-state index < -0.39 is 28.5 Å². The van der Waals surface area contributed by atoms with E-state index in [2.05, 4.69) is 5.32 Å². The van der Waals surface area contributed by atoms with Crippen molar-refractivity contribution in [2.45, 2.75) is 44.6 Å². The Hall–Kier alpha value is -1.64. The van der Waals surface area contributed by atoms with Crippen LogP contribution in [0.5, 0.6) is 0 Å². The van der Waals surface area contributed by atoms with Gasteiger partial charge in [-0.1, -0.05) is 25.4 Å². The minimum absolute atomic E-state index is 0.0152. The molecule has 1 heterocycles. The molecule has 27 heavy (non-hydrogen) atoms. The average Bonchev–Trinajstić information content (AvgIpc) is 3.15. The van der Waals surface area contributed by atoms with Crippen molar-refractivity contribution in [2.75, 3.05) is 19.7 Å². The van der Waals surface area contributed by atoms with Gasteiger partial charge in [0.15, 0.2) is 6.61 Å². The molecule has 1 N–H and O–H groups in total. The van der Waals surface area contributed by atoms with Gasteiger partial charge in [0.05, 0.1) is 15.5 Å². The van der Waals surface area contributed by atoms with Crippen molar-refractivity contribution in [2.24, 2.45) is 5.92 Å². The maximum atomic E-state index is 12.6. The molecule has 0 saturated carbocycles. The molecule has 1 amide bonds. The molecule has 0 radical (unpaired) electrons. The van der Waals surface area contributed by atoms with Gasteiger partial charge < -0.3 is 10.1 Å². The zero-order chi connectivity index (χ0) is 20.2. The Kier molecular flexibility index (Phi) is 7.25. The number of carbonyl (C=O) groups excluding carboxylic acids is 2. The van der Waals surface area contributed by atoms with Crippen LogP contribution in [0.3, 0.4) is 0 Å². The van der Waals surface area contributed by atoms with Crippen LogP contribution in [0, 0.1) is 5.92 Å². The van der Waals surface area contributed by atoms with E-state index in [1.165, 1.54) is 22.5 Å². The van der Waals surface area contributed by atoms with E-state index >= 15 is 0 Å². The maximum absolute atomic E-state index is 12.6. The molecule has 0 unspecified atom stereocenters. The lowest BCUT2D eigenvalue weighted by molar-refractivity contribution is -0.125. The standard InChI is InChI=1S/C18H25ClN2O5S/c1-12(2)13(3)20-17(22)11-26-18(23)15-10-14(6-7-16(15)19)27(24,25)21-8-4-5-9-21/h6-7,10,12-13H,4-5,8-9,11H2,1-3H3,(H,20,22)/t13-/m0/s1.